The van der Waals surface area contributed by atoms with E-state index in [0.717, 1.165) is 42.0 Å². The number of nitrogens with one attached hydrogen (secondary N) is 2. The van der Waals surface area contributed by atoms with E-state index in [0.29, 0.717) is 35.5 Å². The minimum absolute atomic E-state index is 0.193. The maximum Gasteiger partial charge on any atom is 0.259 e. The van der Waals surface area contributed by atoms with Crippen LogP contribution in [0.2, 0.25) is 0 Å². The van der Waals surface area contributed by atoms with E-state index in [1.54, 1.807) is 12.5 Å². The molecule has 0 saturated heterocycles. The molecule has 0 radical (unpaired) electrons. The second-order valence-electron chi connectivity index (χ2n) is 12.1. The first-order valence-electron chi connectivity index (χ1n) is 14.2. The number of pyridine rings is 1. The number of amides is 1. The molecular formula is C31H36N8O. The molecule has 40 heavy (non-hydrogen) atoms. The minimum atomic E-state index is -0.328. The Hall–Kier alpha value is -4.03. The summed E-state index contributed by atoms with van der Waals surface area (Å²) in [6.07, 6.45) is 14.7. The number of anilines is 1. The molecule has 1 amide bonds. The fourth-order valence-electron chi connectivity index (χ4n) is 6.83. The summed E-state index contributed by atoms with van der Waals surface area (Å²) in [4.78, 5) is 18.1. The van der Waals surface area contributed by atoms with Crippen molar-refractivity contribution in [1.29, 1.82) is 5.26 Å². The average molecular weight is 537 g/mol. The van der Waals surface area contributed by atoms with Gasteiger partial charge in [-0.3, -0.25) is 4.79 Å². The molecule has 2 aliphatic rings. The molecule has 2 aliphatic carbocycles. The molecule has 2 N–H and O–H groups in total. The zero-order valence-corrected chi connectivity index (χ0v) is 23.2. The van der Waals surface area contributed by atoms with E-state index in [-0.39, 0.29) is 11.3 Å². The quantitative estimate of drug-likeness (QED) is 0.311. The number of hydrogen-bond acceptors (Lipinski definition) is 6. The van der Waals surface area contributed by atoms with Gasteiger partial charge in [-0.2, -0.15) is 5.26 Å². The van der Waals surface area contributed by atoms with E-state index in [4.69, 9.17) is 0 Å². The summed E-state index contributed by atoms with van der Waals surface area (Å²) < 4.78 is 3.88. The molecule has 206 valence electrons. The summed E-state index contributed by atoms with van der Waals surface area (Å²) in [6, 6.07) is 12.2. The van der Waals surface area contributed by atoms with Crippen LogP contribution < -0.4 is 10.6 Å². The van der Waals surface area contributed by atoms with Gasteiger partial charge in [0.15, 0.2) is 0 Å². The third-order valence-corrected chi connectivity index (χ3v) is 8.95. The molecule has 3 heterocycles. The van der Waals surface area contributed by atoms with Gasteiger partial charge in [0.2, 0.25) is 0 Å². The van der Waals surface area contributed by atoms with Gasteiger partial charge < -0.3 is 19.6 Å². The zero-order chi connectivity index (χ0) is 27.7. The maximum atomic E-state index is 13.6. The molecule has 0 aliphatic heterocycles. The highest BCUT2D eigenvalue weighted by atomic mass is 16.1. The maximum absolute atomic E-state index is 13.6. The van der Waals surface area contributed by atoms with E-state index in [1.807, 2.05) is 52.7 Å². The first kappa shape index (κ1) is 26.2. The Morgan fingerprint density at radius 2 is 2.05 bits per heavy atom. The summed E-state index contributed by atoms with van der Waals surface area (Å²) in [7, 11) is 1.95. The lowest BCUT2D eigenvalue weighted by Gasteiger charge is -2.46. The predicted octanol–water partition coefficient (Wildman–Crippen LogP) is 4.99. The number of aryl methyl sites for hydroxylation is 1. The van der Waals surface area contributed by atoms with Crippen molar-refractivity contribution in [3.05, 3.63) is 77.8 Å². The van der Waals surface area contributed by atoms with Crippen molar-refractivity contribution in [2.75, 3.05) is 11.9 Å². The van der Waals surface area contributed by atoms with Crippen molar-refractivity contribution in [1.82, 2.24) is 29.5 Å². The SMILES string of the molecule is Cn1cnnc1C1(c2cccc(NC(=O)c3cc(CNCC4(C)CCCC4)cn4ccnc34)c2)CC(CC#N)C1. The third-order valence-electron chi connectivity index (χ3n) is 8.95. The highest BCUT2D eigenvalue weighted by Gasteiger charge is 2.49. The Labute approximate surface area is 234 Å². The van der Waals surface area contributed by atoms with Crippen LogP contribution in [0.15, 0.2) is 55.2 Å². The van der Waals surface area contributed by atoms with Crippen LogP contribution in [-0.4, -0.2) is 36.6 Å². The van der Waals surface area contributed by atoms with Crippen LogP contribution in [0.3, 0.4) is 0 Å². The summed E-state index contributed by atoms with van der Waals surface area (Å²) in [6.45, 7) is 4.04. The number of nitrogens with zero attached hydrogens (tertiary/aromatic N) is 6. The predicted molar refractivity (Wildman–Crippen MR) is 153 cm³/mol. The van der Waals surface area contributed by atoms with Gasteiger partial charge >= 0.3 is 0 Å². The van der Waals surface area contributed by atoms with Crippen molar-refractivity contribution < 1.29 is 4.79 Å². The normalized spacial score (nSPS) is 21.7. The van der Waals surface area contributed by atoms with Gasteiger partial charge in [-0.25, -0.2) is 4.98 Å². The van der Waals surface area contributed by atoms with Gasteiger partial charge in [-0.1, -0.05) is 31.9 Å². The molecule has 0 unspecified atom stereocenters. The molecule has 4 aromatic rings. The van der Waals surface area contributed by atoms with Crippen LogP contribution in [-0.2, 0) is 19.0 Å². The number of carbonyl (C=O) groups is 1. The summed E-state index contributed by atoms with van der Waals surface area (Å²) in [5.41, 5.74) is 4.05. The van der Waals surface area contributed by atoms with Crippen LogP contribution >= 0.6 is 0 Å². The van der Waals surface area contributed by atoms with E-state index in [2.05, 4.69) is 44.9 Å². The van der Waals surface area contributed by atoms with E-state index < -0.39 is 0 Å². The lowest BCUT2D eigenvalue weighted by molar-refractivity contribution is 0.102. The van der Waals surface area contributed by atoms with Gasteiger partial charge in [-0.05, 0) is 66.3 Å². The monoisotopic (exact) mass is 536 g/mol. The largest absolute Gasteiger partial charge is 0.322 e. The first-order valence-corrected chi connectivity index (χ1v) is 14.2. The number of benzene rings is 1. The van der Waals surface area contributed by atoms with Crippen molar-refractivity contribution in [2.45, 2.75) is 63.8 Å². The molecule has 2 saturated carbocycles. The van der Waals surface area contributed by atoms with Gasteiger partial charge in [0.25, 0.3) is 5.91 Å². The Morgan fingerprint density at radius 1 is 1.23 bits per heavy atom. The fraction of sp³-hybridized carbons (Fsp3) is 0.452. The molecule has 9 heteroatoms. The first-order chi connectivity index (χ1) is 19.4. The molecule has 6 rings (SSSR count). The molecule has 2 fully saturated rings. The van der Waals surface area contributed by atoms with Crippen LogP contribution in [0.1, 0.15) is 79.2 Å². The average Bonchev–Trinajstić information content (AvgIpc) is 3.67. The van der Waals surface area contributed by atoms with E-state index in [1.165, 1.54) is 25.7 Å². The fourth-order valence-corrected chi connectivity index (χ4v) is 6.83. The number of carbonyl (C=O) groups excluding carboxylic acids is 1. The van der Waals surface area contributed by atoms with Gasteiger partial charge in [0, 0.05) is 50.8 Å². The lowest BCUT2D eigenvalue weighted by atomic mass is 9.57. The Bertz CT molecular complexity index is 1570. The number of hydrogen-bond donors (Lipinski definition) is 2. The van der Waals surface area contributed by atoms with Crippen molar-refractivity contribution in [3.8, 4) is 6.07 Å². The summed E-state index contributed by atoms with van der Waals surface area (Å²) in [5.74, 6) is 1.01. The zero-order valence-electron chi connectivity index (χ0n) is 23.2. The standard InChI is InChI=1S/C31H36N8O/c1-30(9-3-4-10-30)20-33-18-23-14-26(27-34-12-13-39(27)19-23)28(40)36-25-7-5-6-24(15-25)31(16-22(17-31)8-11-32)29-37-35-21-38(29)2/h5-7,12-15,19,21-22,33H,3-4,8-10,16-18,20H2,1-2H3,(H,36,40). The third kappa shape index (κ3) is 4.88. The van der Waals surface area contributed by atoms with E-state index >= 15 is 0 Å². The lowest BCUT2D eigenvalue weighted by Crippen LogP contribution is -2.44. The molecule has 0 bridgehead atoms. The minimum Gasteiger partial charge on any atom is -0.322 e. The smallest absolute Gasteiger partial charge is 0.259 e. The van der Waals surface area contributed by atoms with Crippen LogP contribution in [0.5, 0.6) is 0 Å². The van der Waals surface area contributed by atoms with E-state index in [9.17, 15) is 10.1 Å². The van der Waals surface area contributed by atoms with Crippen molar-refractivity contribution in [3.63, 3.8) is 0 Å². The Balaban J connectivity index is 1.23. The topological polar surface area (TPSA) is 113 Å². The van der Waals surface area contributed by atoms with Crippen LogP contribution in [0, 0.1) is 22.7 Å². The number of aromatic nitrogens is 5. The van der Waals surface area contributed by atoms with Crippen LogP contribution in [0.25, 0.3) is 5.65 Å². The molecule has 3 aromatic heterocycles. The van der Waals surface area contributed by atoms with Crippen LogP contribution in [0.4, 0.5) is 5.69 Å². The Kier molecular flexibility index (Phi) is 6.88. The molecule has 0 atom stereocenters. The Morgan fingerprint density at radius 3 is 2.80 bits per heavy atom. The summed E-state index contributed by atoms with van der Waals surface area (Å²) >= 11 is 0. The number of fused-ring (bicyclic) bond motifs is 1. The second kappa shape index (κ2) is 10.5. The molecular weight excluding hydrogens is 500 g/mol. The number of imidazole rings is 1. The number of rotatable bonds is 9. The van der Waals surface area contributed by atoms with Crippen molar-refractivity contribution in [2.24, 2.45) is 18.4 Å². The summed E-state index contributed by atoms with van der Waals surface area (Å²) in [5, 5.41) is 24.5. The highest BCUT2D eigenvalue weighted by Crippen LogP contribution is 2.53. The van der Waals surface area contributed by atoms with Gasteiger partial charge in [-0.15, -0.1) is 10.2 Å². The van der Waals surface area contributed by atoms with Crippen molar-refractivity contribution >= 4 is 17.2 Å². The van der Waals surface area contributed by atoms with Gasteiger partial charge in [0.05, 0.1) is 17.0 Å². The number of nitriles is 1. The molecule has 0 spiro atoms. The highest BCUT2D eigenvalue weighted by molar-refractivity contribution is 6.08. The second-order valence-corrected chi connectivity index (χ2v) is 12.1. The van der Waals surface area contributed by atoms with Gasteiger partial charge in [0.1, 0.15) is 17.8 Å². The molecule has 1 aromatic carbocycles. The molecule has 9 nitrogen and oxygen atoms in total.